The van der Waals surface area contributed by atoms with Crippen LogP contribution in [0.25, 0.3) is 100 Å². The summed E-state index contributed by atoms with van der Waals surface area (Å²) in [7, 11) is 0. The van der Waals surface area contributed by atoms with Crippen LogP contribution in [0.3, 0.4) is 0 Å². The number of nitrogens with zero attached hydrogens (tertiary/aromatic N) is 8. The molecule has 7 aromatic heterocycles. The van der Waals surface area contributed by atoms with Gasteiger partial charge in [-0.05, 0) is 129 Å². The molecule has 150 heavy (non-hydrogen) atoms. The quantitative estimate of drug-likeness (QED) is 0.155. The molecule has 0 aliphatic heterocycles. The molecule has 812 valence electrons. The van der Waals surface area contributed by atoms with Crippen LogP contribution in [0.15, 0.2) is 511 Å². The highest BCUT2D eigenvalue weighted by atomic mass is 14.8. The Kier molecular flexibility index (Phi) is 145. The summed E-state index contributed by atoms with van der Waals surface area (Å²) in [4.78, 5) is 32.6. The number of para-hydroxylation sites is 1. The van der Waals surface area contributed by atoms with Gasteiger partial charge in [-0.15, -0.1) is 0 Å². The Morgan fingerprint density at radius 3 is 0.540 bits per heavy atom. The molecule has 19 aromatic rings. The number of rotatable bonds is 7. The van der Waals surface area contributed by atoms with E-state index in [4.69, 9.17) is 4.98 Å². The zero-order chi connectivity index (χ0) is 115. The molecule has 0 saturated heterocycles. The molecule has 0 radical (unpaired) electrons. The van der Waals surface area contributed by atoms with Crippen molar-refractivity contribution in [2.75, 3.05) is 0 Å². The van der Waals surface area contributed by atoms with Crippen LogP contribution in [0.2, 0.25) is 0 Å². The topological polar surface area (TPSA) is 103 Å². The molecule has 0 N–H and O–H groups in total. The van der Waals surface area contributed by atoms with Gasteiger partial charge < -0.3 is 0 Å². The first-order valence-electron chi connectivity index (χ1n) is 56.2. The van der Waals surface area contributed by atoms with Crippen molar-refractivity contribution in [2.45, 2.75) is 277 Å². The third-order valence-corrected chi connectivity index (χ3v) is 16.1. The molecule has 0 fully saturated rings. The highest BCUT2D eigenvalue weighted by molar-refractivity contribution is 5.82. The first-order chi connectivity index (χ1) is 74.7. The Balaban J connectivity index is -0.000000155. The molecule has 12 aromatic carbocycles. The highest BCUT2D eigenvalue weighted by Crippen LogP contribution is 2.27. The van der Waals surface area contributed by atoms with E-state index < -0.39 is 0 Å². The summed E-state index contributed by atoms with van der Waals surface area (Å²) >= 11 is 0. The van der Waals surface area contributed by atoms with Crippen LogP contribution in [-0.4, -0.2) is 39.9 Å². The normalized spacial score (nSPS) is 7.87. The zero-order valence-corrected chi connectivity index (χ0v) is 101. The lowest BCUT2D eigenvalue weighted by molar-refractivity contribution is 1.17. The molecule has 7 heterocycles. The minimum absolute atomic E-state index is 0.915. The van der Waals surface area contributed by atoms with Crippen LogP contribution in [-0.2, 0) is 0 Å². The van der Waals surface area contributed by atoms with Crippen molar-refractivity contribution in [3.8, 4) is 78.5 Å². The number of fused-ring (bicyclic) bond motifs is 2. The van der Waals surface area contributed by atoms with Gasteiger partial charge in [0.2, 0.25) is 0 Å². The summed E-state index contributed by atoms with van der Waals surface area (Å²) in [5.41, 5.74) is 17.0. The smallest absolute Gasteiger partial charge is 0.115 e. The largest absolute Gasteiger partial charge is 0.265 e. The Morgan fingerprint density at radius 1 is 0.113 bits per heavy atom. The van der Waals surface area contributed by atoms with Crippen LogP contribution in [0, 0.1) is 0 Å². The lowest BCUT2D eigenvalue weighted by Gasteiger charge is -2.05. The number of aromatic nitrogens is 8. The first-order valence-corrected chi connectivity index (χ1v) is 56.2. The Morgan fingerprint density at radius 2 is 0.300 bits per heavy atom. The molecule has 8 nitrogen and oxygen atoms in total. The van der Waals surface area contributed by atoms with Crippen molar-refractivity contribution in [3.05, 3.63) is 511 Å². The van der Waals surface area contributed by atoms with E-state index in [-0.39, 0.29) is 0 Å². The van der Waals surface area contributed by atoms with E-state index in [1.54, 1.807) is 43.2 Å². The summed E-state index contributed by atoms with van der Waals surface area (Å²) < 4.78 is 0. The lowest BCUT2D eigenvalue weighted by Crippen LogP contribution is -1.87. The van der Waals surface area contributed by atoms with Gasteiger partial charge in [-0.2, -0.15) is 0 Å². The Hall–Kier alpha value is -14.9. The average Bonchev–Trinajstić information content (AvgIpc) is 0.818. The molecule has 0 atom stereocenters. The van der Waals surface area contributed by atoms with Crippen molar-refractivity contribution < 1.29 is 0 Å². The van der Waals surface area contributed by atoms with E-state index in [1.165, 1.54) is 55.9 Å². The van der Waals surface area contributed by atoms with E-state index in [0.29, 0.717) is 0 Å². The van der Waals surface area contributed by atoms with E-state index in [1.807, 2.05) is 514 Å². The summed E-state index contributed by atoms with van der Waals surface area (Å²) in [5.74, 6) is 0. The fourth-order valence-corrected chi connectivity index (χ4v) is 10.6. The van der Waals surface area contributed by atoms with Gasteiger partial charge in [-0.3, -0.25) is 24.9 Å². The van der Waals surface area contributed by atoms with Crippen molar-refractivity contribution in [1.82, 2.24) is 39.9 Å². The Bertz CT molecular complexity index is 4620. The highest BCUT2D eigenvalue weighted by Gasteiger charge is 2.04. The van der Waals surface area contributed by atoms with E-state index in [9.17, 15) is 0 Å². The second kappa shape index (κ2) is 138. The van der Waals surface area contributed by atoms with Gasteiger partial charge in [-0.1, -0.05) is 647 Å². The molecule has 0 aliphatic rings. The van der Waals surface area contributed by atoms with Gasteiger partial charge in [-0.25, -0.2) is 15.0 Å². The van der Waals surface area contributed by atoms with Crippen LogP contribution in [0.4, 0.5) is 0 Å². The lowest BCUT2D eigenvalue weighted by atomic mass is 9.99. The van der Waals surface area contributed by atoms with E-state index >= 15 is 0 Å². The molecule has 19 rings (SSSR count). The standard InChI is InChI=1S/C18H14.C17H13N.C12H10.C11H9N.C10H8N2.C10H8.C9H7N.C6H6.C5H5N.C4H4N2.20C2H6/c1-3-8-15(9-4-1)17-12-7-13-18(14-17)16-10-5-2-6-11-16;1-3-8-14(9-4-1)16-12-7-13-17(18-16)15-10-5-2-6-11-15;1-3-7-11(8-4-1)12-9-5-2-6-10-12;1-2-6-10(7-3-1)11-8-4-5-9-12-11;1-3-7-11-9(5-1)10-6-2-4-8-12-10;1-2-6-10-8-4-3-7-9(10)5-1;1-2-6-9-8(4-1)5-3-7-10-9;2*1-2-4-6-5-3-1;1-2-5-4-6-3-1;20*1-2/h1-14H;1-13H;1-10H;1-9H;1-8H;1-8H;1-7H;1-6H;1-5H;1-4H;20*1-2H3. The SMILES string of the molecule is CC.CC.CC.CC.CC.CC.CC.CC.CC.CC.CC.CC.CC.CC.CC.CC.CC.CC.CC.CC.c1ccc(-c2cccc(-c3ccccc3)c2)cc1.c1ccc(-c2cccc(-c3ccccc3)n2)cc1.c1ccc(-c2ccccc2)cc1.c1ccc(-c2ccccn2)cc1.c1ccc(-c2ccccn2)nc1.c1ccc2ccccc2c1.c1ccc2ncccc2c1.c1ccccc1.c1ccncc1.c1cncnc1. The van der Waals surface area contributed by atoms with Crippen molar-refractivity contribution in [3.63, 3.8) is 0 Å². The number of hydrogen-bond acceptors (Lipinski definition) is 8. The Labute approximate surface area is 921 Å². The van der Waals surface area contributed by atoms with Gasteiger partial charge in [0.05, 0.1) is 34.0 Å². The summed E-state index contributed by atoms with van der Waals surface area (Å²) in [5, 5.41) is 3.82. The second-order valence-corrected chi connectivity index (χ2v) is 23.8. The third-order valence-electron chi connectivity index (χ3n) is 16.1. The second-order valence-electron chi connectivity index (χ2n) is 23.8. The maximum atomic E-state index is 4.71. The number of pyridine rings is 6. The molecule has 0 bridgehead atoms. The van der Waals surface area contributed by atoms with Crippen LogP contribution in [0.1, 0.15) is 277 Å². The predicted molar refractivity (Wildman–Crippen MR) is 687 cm³/mol. The summed E-state index contributed by atoms with van der Waals surface area (Å²) in [6, 6.07) is 153. The molecule has 0 saturated carbocycles. The van der Waals surface area contributed by atoms with Crippen LogP contribution in [0.5, 0.6) is 0 Å². The predicted octanol–water partition coefficient (Wildman–Crippen LogP) is 46.5. The maximum Gasteiger partial charge on any atom is 0.115 e. The monoisotopic (exact) mass is 2020 g/mol. The summed E-state index contributed by atoms with van der Waals surface area (Å²) in [6.45, 7) is 80.0. The van der Waals surface area contributed by atoms with Gasteiger partial charge in [0.1, 0.15) is 6.33 Å². The first kappa shape index (κ1) is 158. The number of hydrogen-bond donors (Lipinski definition) is 0. The molecule has 0 aliphatic carbocycles. The maximum absolute atomic E-state index is 4.71. The molecular weight excluding hydrogens is 1820 g/mol. The van der Waals surface area contributed by atoms with E-state index in [2.05, 4.69) is 259 Å². The molecule has 8 heteroatoms. The third kappa shape index (κ3) is 83.2. The van der Waals surface area contributed by atoms with Gasteiger partial charge in [0.25, 0.3) is 0 Å². The van der Waals surface area contributed by atoms with E-state index in [0.717, 1.165) is 50.7 Å². The minimum Gasteiger partial charge on any atom is -0.265 e. The van der Waals surface area contributed by atoms with Gasteiger partial charge in [0, 0.05) is 71.7 Å². The average molecular weight is 2020 g/mol. The molecule has 0 amide bonds. The molecular formula is C142H204N8. The fourth-order valence-electron chi connectivity index (χ4n) is 10.6. The van der Waals surface area contributed by atoms with Crippen molar-refractivity contribution in [1.29, 1.82) is 0 Å². The molecule has 0 unspecified atom stereocenters. The van der Waals surface area contributed by atoms with Crippen molar-refractivity contribution >= 4 is 21.7 Å². The fraction of sp³-hybridized carbons (Fsp3) is 0.282. The van der Waals surface area contributed by atoms with Crippen LogP contribution >= 0.6 is 0 Å². The van der Waals surface area contributed by atoms with Gasteiger partial charge >= 0.3 is 0 Å². The van der Waals surface area contributed by atoms with Gasteiger partial charge in [0.15, 0.2) is 0 Å². The van der Waals surface area contributed by atoms with Crippen molar-refractivity contribution in [2.24, 2.45) is 0 Å². The van der Waals surface area contributed by atoms with Crippen LogP contribution < -0.4 is 0 Å². The molecule has 0 spiro atoms. The minimum atomic E-state index is 0.915. The number of benzene rings is 12. The summed E-state index contributed by atoms with van der Waals surface area (Å²) in [6.07, 6.45) is 15.5. The zero-order valence-electron chi connectivity index (χ0n) is 101.